The minimum Gasteiger partial charge on any atom is -0.334 e. The molecule has 1 aliphatic heterocycles. The number of carbonyl (C=O) groups is 1. The number of pyridine rings is 1. The van der Waals surface area contributed by atoms with Gasteiger partial charge in [-0.05, 0) is 58.2 Å². The molecule has 3 atom stereocenters. The summed E-state index contributed by atoms with van der Waals surface area (Å²) in [6, 6.07) is 4.58. The molecule has 2 rings (SSSR count). The topological polar surface area (TPSA) is 95.3 Å². The summed E-state index contributed by atoms with van der Waals surface area (Å²) in [5.74, 6) is 0.434. The van der Waals surface area contributed by atoms with Crippen LogP contribution >= 0.6 is 0 Å². The molecule has 0 aromatic carbocycles. The molecular weight excluding hydrogens is 352 g/mol. The molecule has 0 aliphatic carbocycles. The lowest BCUT2D eigenvalue weighted by Gasteiger charge is -2.27. The Balaban J connectivity index is 1.88. The highest BCUT2D eigenvalue weighted by Gasteiger charge is 2.33. The van der Waals surface area contributed by atoms with Crippen LogP contribution in [-0.2, 0) is 6.54 Å². The minimum absolute atomic E-state index is 0.0956. The maximum Gasteiger partial charge on any atom is 0.315 e. The molecule has 28 heavy (non-hydrogen) atoms. The van der Waals surface area contributed by atoms with Crippen LogP contribution in [0.3, 0.4) is 0 Å². The number of likely N-dealkylation sites (tertiary alicyclic amines) is 1. The number of rotatable bonds is 8. The molecule has 1 saturated heterocycles. The van der Waals surface area contributed by atoms with Gasteiger partial charge < -0.3 is 21.7 Å². The van der Waals surface area contributed by atoms with Crippen molar-refractivity contribution < 1.29 is 4.79 Å². The van der Waals surface area contributed by atoms with E-state index >= 15 is 0 Å². The van der Waals surface area contributed by atoms with Crippen molar-refractivity contribution in [3.05, 3.63) is 29.6 Å². The average Bonchev–Trinajstić information content (AvgIpc) is 2.95. The van der Waals surface area contributed by atoms with Gasteiger partial charge >= 0.3 is 6.03 Å². The lowest BCUT2D eigenvalue weighted by molar-refractivity contribution is 0.213. The van der Waals surface area contributed by atoms with E-state index in [1.807, 2.05) is 33.9 Å². The Hall–Kier alpha value is -1.70. The Morgan fingerprint density at radius 2 is 2.14 bits per heavy atom. The Labute approximate surface area is 169 Å². The van der Waals surface area contributed by atoms with Gasteiger partial charge in [-0.15, -0.1) is 0 Å². The highest BCUT2D eigenvalue weighted by molar-refractivity contribution is 5.75. The fraction of sp³-hybridized carbons (Fsp3) is 0.714. The SMILES string of the molecule is Cc1ccc(CNC[C@@H]2C[C@@H](NC(=O)NC(C)(C)C)CN2C[C@@H](C)CN)nc1. The van der Waals surface area contributed by atoms with Gasteiger partial charge in [0.05, 0.1) is 5.69 Å². The number of aromatic nitrogens is 1. The van der Waals surface area contributed by atoms with Crippen molar-refractivity contribution in [3.8, 4) is 0 Å². The molecule has 7 nitrogen and oxygen atoms in total. The van der Waals surface area contributed by atoms with Gasteiger partial charge in [-0.2, -0.15) is 0 Å². The second kappa shape index (κ2) is 10.2. The quantitative estimate of drug-likeness (QED) is 0.541. The van der Waals surface area contributed by atoms with E-state index in [-0.39, 0.29) is 17.6 Å². The summed E-state index contributed by atoms with van der Waals surface area (Å²) in [7, 11) is 0. The van der Waals surface area contributed by atoms with Gasteiger partial charge in [0.25, 0.3) is 0 Å². The third-order valence-corrected chi connectivity index (χ3v) is 4.96. The highest BCUT2D eigenvalue weighted by Crippen LogP contribution is 2.19. The van der Waals surface area contributed by atoms with Crippen molar-refractivity contribution in [2.75, 3.05) is 26.2 Å². The van der Waals surface area contributed by atoms with Crippen LogP contribution < -0.4 is 21.7 Å². The van der Waals surface area contributed by atoms with Crippen LogP contribution in [0.25, 0.3) is 0 Å². The molecule has 1 aromatic rings. The molecule has 0 bridgehead atoms. The Bertz CT molecular complexity index is 612. The van der Waals surface area contributed by atoms with Gasteiger partial charge in [0, 0.05) is 50.0 Å². The number of hydrogen-bond donors (Lipinski definition) is 4. The van der Waals surface area contributed by atoms with Crippen molar-refractivity contribution in [1.82, 2.24) is 25.8 Å². The third-order valence-electron chi connectivity index (χ3n) is 4.96. The van der Waals surface area contributed by atoms with Crippen LogP contribution in [0.5, 0.6) is 0 Å². The molecule has 2 heterocycles. The Morgan fingerprint density at radius 1 is 1.39 bits per heavy atom. The number of amides is 2. The van der Waals surface area contributed by atoms with Crippen molar-refractivity contribution in [2.45, 2.75) is 65.2 Å². The van der Waals surface area contributed by atoms with E-state index in [1.165, 1.54) is 5.56 Å². The number of urea groups is 1. The molecule has 1 aromatic heterocycles. The molecule has 0 radical (unpaired) electrons. The van der Waals surface area contributed by atoms with E-state index in [2.05, 4.69) is 44.9 Å². The molecule has 0 spiro atoms. The predicted molar refractivity (Wildman–Crippen MR) is 114 cm³/mol. The van der Waals surface area contributed by atoms with E-state index in [0.717, 1.165) is 38.3 Å². The number of nitrogens with one attached hydrogen (secondary N) is 3. The zero-order valence-corrected chi connectivity index (χ0v) is 18.1. The maximum atomic E-state index is 12.2. The monoisotopic (exact) mass is 390 g/mol. The second-order valence-electron chi connectivity index (χ2n) is 9.19. The van der Waals surface area contributed by atoms with Crippen LogP contribution in [0.2, 0.25) is 0 Å². The number of hydrogen-bond acceptors (Lipinski definition) is 5. The summed E-state index contributed by atoms with van der Waals surface area (Å²) in [5, 5.41) is 9.65. The van der Waals surface area contributed by atoms with Gasteiger partial charge in [-0.3, -0.25) is 9.88 Å². The number of aryl methyl sites for hydroxylation is 1. The summed E-state index contributed by atoms with van der Waals surface area (Å²) in [5.41, 5.74) is 7.82. The zero-order chi connectivity index (χ0) is 20.7. The first-order valence-electron chi connectivity index (χ1n) is 10.3. The van der Waals surface area contributed by atoms with Crippen LogP contribution in [0.1, 0.15) is 45.4 Å². The summed E-state index contributed by atoms with van der Waals surface area (Å²) in [6.45, 7) is 14.3. The Kier molecular flexibility index (Phi) is 8.22. The largest absolute Gasteiger partial charge is 0.334 e. The number of nitrogens with zero attached hydrogens (tertiary/aromatic N) is 2. The van der Waals surface area contributed by atoms with Gasteiger partial charge in [0.1, 0.15) is 0 Å². The fourth-order valence-corrected chi connectivity index (χ4v) is 3.53. The van der Waals surface area contributed by atoms with E-state index in [9.17, 15) is 4.79 Å². The molecule has 2 amide bonds. The third kappa shape index (κ3) is 7.73. The molecule has 0 unspecified atom stereocenters. The van der Waals surface area contributed by atoms with Gasteiger partial charge in [-0.25, -0.2) is 4.79 Å². The van der Waals surface area contributed by atoms with E-state index in [0.29, 0.717) is 18.5 Å². The van der Waals surface area contributed by atoms with Crippen molar-refractivity contribution in [2.24, 2.45) is 11.7 Å². The zero-order valence-electron chi connectivity index (χ0n) is 18.1. The second-order valence-corrected chi connectivity index (χ2v) is 9.19. The minimum atomic E-state index is -0.238. The molecule has 1 aliphatic rings. The summed E-state index contributed by atoms with van der Waals surface area (Å²) in [6.07, 6.45) is 2.83. The first-order chi connectivity index (χ1) is 13.2. The van der Waals surface area contributed by atoms with Crippen molar-refractivity contribution in [1.29, 1.82) is 0 Å². The summed E-state index contributed by atoms with van der Waals surface area (Å²) < 4.78 is 0. The molecule has 0 saturated carbocycles. The first kappa shape index (κ1) is 22.6. The van der Waals surface area contributed by atoms with Crippen LogP contribution in [0.4, 0.5) is 4.79 Å². The summed E-state index contributed by atoms with van der Waals surface area (Å²) in [4.78, 5) is 19.2. The van der Waals surface area contributed by atoms with E-state index in [1.54, 1.807) is 0 Å². The molecule has 1 fully saturated rings. The van der Waals surface area contributed by atoms with Crippen molar-refractivity contribution in [3.63, 3.8) is 0 Å². The van der Waals surface area contributed by atoms with E-state index in [4.69, 9.17) is 5.73 Å². The van der Waals surface area contributed by atoms with Gasteiger partial charge in [-0.1, -0.05) is 13.0 Å². The molecule has 5 N–H and O–H groups in total. The molecule has 7 heteroatoms. The van der Waals surface area contributed by atoms with Gasteiger partial charge in [0.15, 0.2) is 0 Å². The predicted octanol–water partition coefficient (Wildman–Crippen LogP) is 1.62. The lowest BCUT2D eigenvalue weighted by atomic mass is 10.1. The van der Waals surface area contributed by atoms with Crippen LogP contribution in [0.15, 0.2) is 18.3 Å². The number of carbonyl (C=O) groups excluding carboxylic acids is 1. The van der Waals surface area contributed by atoms with Gasteiger partial charge in [0.2, 0.25) is 0 Å². The first-order valence-corrected chi connectivity index (χ1v) is 10.3. The maximum absolute atomic E-state index is 12.2. The Morgan fingerprint density at radius 3 is 2.75 bits per heavy atom. The smallest absolute Gasteiger partial charge is 0.315 e. The van der Waals surface area contributed by atoms with Crippen molar-refractivity contribution >= 4 is 6.03 Å². The fourth-order valence-electron chi connectivity index (χ4n) is 3.53. The highest BCUT2D eigenvalue weighted by atomic mass is 16.2. The van der Waals surface area contributed by atoms with Crippen LogP contribution in [0, 0.1) is 12.8 Å². The summed E-state index contributed by atoms with van der Waals surface area (Å²) >= 11 is 0. The van der Waals surface area contributed by atoms with Crippen LogP contribution in [-0.4, -0.2) is 59.7 Å². The average molecular weight is 391 g/mol. The number of nitrogens with two attached hydrogens (primary N) is 1. The standard InChI is InChI=1S/C21H38N6O/c1-15-6-7-17(24-10-15)11-23-12-19-8-18(14-27(19)13-16(2)9-22)25-20(28)26-21(3,4)5/h6-7,10,16,18-19,23H,8-9,11-14,22H2,1-5H3,(H2,25,26,28)/t16-,18+,19-/m0/s1. The molecule has 158 valence electrons. The van der Waals surface area contributed by atoms with E-state index < -0.39 is 0 Å². The normalized spacial score (nSPS) is 21.5. The lowest BCUT2D eigenvalue weighted by Crippen LogP contribution is -2.50. The molecular formula is C21H38N6O.